The van der Waals surface area contributed by atoms with Gasteiger partial charge in [0.15, 0.2) is 11.6 Å². The van der Waals surface area contributed by atoms with E-state index >= 15 is 0 Å². The van der Waals surface area contributed by atoms with E-state index in [2.05, 4.69) is 13.8 Å². The first-order chi connectivity index (χ1) is 16.1. The van der Waals surface area contributed by atoms with Crippen molar-refractivity contribution in [1.29, 1.82) is 0 Å². The van der Waals surface area contributed by atoms with Crippen LogP contribution in [0.1, 0.15) is 134 Å². The summed E-state index contributed by atoms with van der Waals surface area (Å²) in [5.41, 5.74) is 0.563. The van der Waals surface area contributed by atoms with Gasteiger partial charge in [-0.1, -0.05) is 97.0 Å². The average molecular weight is 463 g/mol. The second-order valence-corrected chi connectivity index (χ2v) is 11.0. The molecule has 3 rings (SSSR count). The van der Waals surface area contributed by atoms with E-state index in [1.807, 2.05) is 0 Å². The van der Waals surface area contributed by atoms with Gasteiger partial charge in [0.1, 0.15) is 0 Å². The standard InChI is InChI=1S/C30H48F2O/c1-3-5-7-9-23-10-12-24(13-11-23)14-15-25-16-18-26(19-17-25)27-20-21-28(30(32)29(27)31)33-22-8-6-4-2/h20-21,23-26H,3-19,22H2,1-2H3/t23?,24?,25-,26-. The minimum Gasteiger partial charge on any atom is -0.490 e. The highest BCUT2D eigenvalue weighted by atomic mass is 19.2. The SMILES string of the molecule is CCCCCOc1ccc([C@H]2CC[C@H](CCC3CCC(CCCCC)CC3)CC2)c(F)c1F. The van der Waals surface area contributed by atoms with E-state index < -0.39 is 11.6 Å². The fourth-order valence-electron chi connectivity index (χ4n) is 6.23. The molecular formula is C30H48F2O. The zero-order chi connectivity index (χ0) is 23.5. The number of hydrogen-bond acceptors (Lipinski definition) is 1. The third-order valence-electron chi connectivity index (χ3n) is 8.53. The topological polar surface area (TPSA) is 9.23 Å². The Morgan fingerprint density at radius 3 is 1.82 bits per heavy atom. The van der Waals surface area contributed by atoms with Gasteiger partial charge in [-0.25, -0.2) is 4.39 Å². The molecule has 0 radical (unpaired) electrons. The summed E-state index contributed by atoms with van der Waals surface area (Å²) in [6.07, 6.45) is 21.4. The van der Waals surface area contributed by atoms with Crippen molar-refractivity contribution < 1.29 is 13.5 Å². The van der Waals surface area contributed by atoms with Crippen molar-refractivity contribution in [2.75, 3.05) is 6.61 Å². The summed E-state index contributed by atoms with van der Waals surface area (Å²) in [6, 6.07) is 3.42. The van der Waals surface area contributed by atoms with Crippen LogP contribution in [0.4, 0.5) is 8.78 Å². The summed E-state index contributed by atoms with van der Waals surface area (Å²) in [4.78, 5) is 0. The van der Waals surface area contributed by atoms with Gasteiger partial charge >= 0.3 is 0 Å². The highest BCUT2D eigenvalue weighted by Crippen LogP contribution is 2.41. The molecule has 3 heteroatoms. The quantitative estimate of drug-likeness (QED) is 0.265. The van der Waals surface area contributed by atoms with Gasteiger partial charge in [0, 0.05) is 0 Å². The summed E-state index contributed by atoms with van der Waals surface area (Å²) in [5, 5.41) is 0. The lowest BCUT2D eigenvalue weighted by atomic mass is 9.74. The lowest BCUT2D eigenvalue weighted by Crippen LogP contribution is -2.18. The Morgan fingerprint density at radius 2 is 1.21 bits per heavy atom. The molecule has 0 atom stereocenters. The van der Waals surface area contributed by atoms with E-state index in [1.54, 1.807) is 12.1 Å². The fraction of sp³-hybridized carbons (Fsp3) is 0.800. The van der Waals surface area contributed by atoms with Crippen LogP contribution in [0.15, 0.2) is 12.1 Å². The smallest absolute Gasteiger partial charge is 0.200 e. The van der Waals surface area contributed by atoms with Crippen LogP contribution in [-0.2, 0) is 0 Å². The number of ether oxygens (including phenoxy) is 1. The summed E-state index contributed by atoms with van der Waals surface area (Å²) >= 11 is 0. The van der Waals surface area contributed by atoms with E-state index in [4.69, 9.17) is 4.74 Å². The van der Waals surface area contributed by atoms with Gasteiger partial charge in [0.25, 0.3) is 0 Å². The van der Waals surface area contributed by atoms with Crippen molar-refractivity contribution >= 4 is 0 Å². The third-order valence-corrected chi connectivity index (χ3v) is 8.53. The van der Waals surface area contributed by atoms with Gasteiger partial charge in [-0.2, -0.15) is 4.39 Å². The molecule has 33 heavy (non-hydrogen) atoms. The molecule has 2 aliphatic rings. The maximum absolute atomic E-state index is 14.8. The summed E-state index contributed by atoms with van der Waals surface area (Å²) in [6.45, 7) is 4.86. The Morgan fingerprint density at radius 1 is 0.667 bits per heavy atom. The Kier molecular flexibility index (Phi) is 11.5. The van der Waals surface area contributed by atoms with E-state index in [1.165, 1.54) is 64.2 Å². The molecule has 1 nitrogen and oxygen atoms in total. The van der Waals surface area contributed by atoms with Gasteiger partial charge in [-0.05, 0) is 67.4 Å². The normalized spacial score (nSPS) is 25.8. The molecule has 1 aromatic carbocycles. The van der Waals surface area contributed by atoms with Crippen molar-refractivity contribution in [2.45, 2.75) is 129 Å². The van der Waals surface area contributed by atoms with Crippen LogP contribution in [-0.4, -0.2) is 6.61 Å². The number of benzene rings is 1. The predicted molar refractivity (Wildman–Crippen MR) is 135 cm³/mol. The molecule has 0 aliphatic heterocycles. The van der Waals surface area contributed by atoms with E-state index in [0.717, 1.165) is 62.7 Å². The van der Waals surface area contributed by atoms with Crippen LogP contribution in [0.3, 0.4) is 0 Å². The molecule has 0 saturated heterocycles. The highest BCUT2D eigenvalue weighted by molar-refractivity contribution is 5.33. The van der Waals surface area contributed by atoms with Gasteiger partial charge in [0.2, 0.25) is 5.82 Å². The van der Waals surface area contributed by atoms with E-state index in [9.17, 15) is 8.78 Å². The van der Waals surface area contributed by atoms with Gasteiger partial charge in [-0.15, -0.1) is 0 Å². The summed E-state index contributed by atoms with van der Waals surface area (Å²) in [7, 11) is 0. The third kappa shape index (κ3) is 8.25. The van der Waals surface area contributed by atoms with E-state index in [-0.39, 0.29) is 11.7 Å². The maximum atomic E-state index is 14.8. The van der Waals surface area contributed by atoms with Crippen LogP contribution >= 0.6 is 0 Å². The minimum atomic E-state index is -0.795. The Hall–Kier alpha value is -1.12. The van der Waals surface area contributed by atoms with Crippen molar-refractivity contribution in [3.8, 4) is 5.75 Å². The predicted octanol–water partition coefficient (Wildman–Crippen LogP) is 9.97. The first-order valence-electron chi connectivity index (χ1n) is 14.2. The molecule has 0 heterocycles. The average Bonchev–Trinajstić information content (AvgIpc) is 2.84. The number of halogens is 2. The van der Waals surface area contributed by atoms with Crippen LogP contribution in [0.2, 0.25) is 0 Å². The number of unbranched alkanes of at least 4 members (excludes halogenated alkanes) is 4. The first kappa shape index (κ1) is 26.5. The zero-order valence-corrected chi connectivity index (χ0v) is 21.4. The molecular weight excluding hydrogens is 414 g/mol. The molecule has 2 saturated carbocycles. The van der Waals surface area contributed by atoms with Crippen molar-refractivity contribution in [2.24, 2.45) is 17.8 Å². The lowest BCUT2D eigenvalue weighted by Gasteiger charge is -2.32. The minimum absolute atomic E-state index is 0.0705. The molecule has 0 bridgehead atoms. The van der Waals surface area contributed by atoms with Crippen LogP contribution in [0.25, 0.3) is 0 Å². The summed E-state index contributed by atoms with van der Waals surface area (Å²) in [5.74, 6) is 1.45. The molecule has 2 fully saturated rings. The monoisotopic (exact) mass is 462 g/mol. The molecule has 188 valence electrons. The fourth-order valence-corrected chi connectivity index (χ4v) is 6.23. The number of rotatable bonds is 13. The molecule has 1 aromatic rings. The molecule has 0 aromatic heterocycles. The van der Waals surface area contributed by atoms with Gasteiger partial charge in [0.05, 0.1) is 6.61 Å². The largest absolute Gasteiger partial charge is 0.490 e. The van der Waals surface area contributed by atoms with Gasteiger partial charge < -0.3 is 4.74 Å². The highest BCUT2D eigenvalue weighted by Gasteiger charge is 2.28. The second kappa shape index (κ2) is 14.3. The molecule has 2 aliphatic carbocycles. The second-order valence-electron chi connectivity index (χ2n) is 11.0. The maximum Gasteiger partial charge on any atom is 0.200 e. The first-order valence-corrected chi connectivity index (χ1v) is 14.2. The zero-order valence-electron chi connectivity index (χ0n) is 21.4. The Labute approximate surface area is 202 Å². The molecule has 0 amide bonds. The lowest BCUT2D eigenvalue weighted by molar-refractivity contribution is 0.221. The van der Waals surface area contributed by atoms with E-state index in [0.29, 0.717) is 12.2 Å². The van der Waals surface area contributed by atoms with Crippen molar-refractivity contribution in [3.63, 3.8) is 0 Å². The molecule has 0 spiro atoms. The molecule has 0 N–H and O–H groups in total. The van der Waals surface area contributed by atoms with Crippen molar-refractivity contribution in [3.05, 3.63) is 29.3 Å². The number of hydrogen-bond donors (Lipinski definition) is 0. The van der Waals surface area contributed by atoms with Crippen LogP contribution in [0, 0.1) is 29.4 Å². The van der Waals surface area contributed by atoms with Crippen LogP contribution in [0.5, 0.6) is 5.75 Å². The Bertz CT molecular complexity index is 672. The van der Waals surface area contributed by atoms with Crippen LogP contribution < -0.4 is 4.74 Å². The Balaban J connectivity index is 1.37. The summed E-state index contributed by atoms with van der Waals surface area (Å²) < 4.78 is 34.8. The van der Waals surface area contributed by atoms with Gasteiger partial charge in [-0.3, -0.25) is 0 Å². The molecule has 0 unspecified atom stereocenters. The van der Waals surface area contributed by atoms with Crippen molar-refractivity contribution in [1.82, 2.24) is 0 Å².